The van der Waals surface area contributed by atoms with Crippen LogP contribution in [0.5, 0.6) is 5.75 Å². The van der Waals surface area contributed by atoms with Crippen LogP contribution < -0.4 is 10.1 Å². The van der Waals surface area contributed by atoms with Crippen molar-refractivity contribution in [2.24, 2.45) is 0 Å². The van der Waals surface area contributed by atoms with Crippen molar-refractivity contribution in [3.8, 4) is 5.75 Å². The minimum absolute atomic E-state index is 0.0495. The maximum Gasteiger partial charge on any atom is 0.336 e. The number of esters is 1. The lowest BCUT2D eigenvalue weighted by atomic mass is 9.72. The predicted octanol–water partition coefficient (Wildman–Crippen LogP) is 4.99. The van der Waals surface area contributed by atoms with Crippen LogP contribution in [-0.4, -0.2) is 26.0 Å². The monoisotopic (exact) mass is 481 g/mol. The Labute approximate surface area is 190 Å². The predicted molar refractivity (Wildman–Crippen MR) is 122 cm³/mol. The molecule has 2 aliphatic rings. The van der Waals surface area contributed by atoms with Crippen LogP contribution in [0.4, 0.5) is 0 Å². The normalized spacial score (nSPS) is 20.8. The smallest absolute Gasteiger partial charge is 0.336 e. The number of dihydropyridines is 1. The topological polar surface area (TPSA) is 64.6 Å². The molecule has 1 heterocycles. The highest BCUT2D eigenvalue weighted by atomic mass is 79.9. The Hall–Kier alpha value is -2.86. The number of nitrogens with one attached hydrogen (secondary N) is 1. The van der Waals surface area contributed by atoms with E-state index in [9.17, 15) is 9.59 Å². The van der Waals surface area contributed by atoms with Crippen LogP contribution in [0.15, 0.2) is 75.5 Å². The van der Waals surface area contributed by atoms with Gasteiger partial charge in [0.15, 0.2) is 5.78 Å². The summed E-state index contributed by atoms with van der Waals surface area (Å²) in [6.45, 7) is 1.86. The Bertz CT molecular complexity index is 1100. The highest BCUT2D eigenvalue weighted by molar-refractivity contribution is 9.10. The quantitative estimate of drug-likeness (QED) is 0.622. The van der Waals surface area contributed by atoms with E-state index in [1.165, 1.54) is 7.11 Å². The number of carbonyl (C=O) groups is 2. The van der Waals surface area contributed by atoms with Gasteiger partial charge < -0.3 is 14.8 Å². The Morgan fingerprint density at radius 1 is 1.06 bits per heavy atom. The molecular formula is C25H24BrNO4. The average Bonchev–Trinajstić information content (AvgIpc) is 2.77. The van der Waals surface area contributed by atoms with Gasteiger partial charge in [-0.2, -0.15) is 0 Å². The Morgan fingerprint density at radius 2 is 1.81 bits per heavy atom. The van der Waals surface area contributed by atoms with E-state index in [0.29, 0.717) is 24.0 Å². The molecule has 0 radical (unpaired) electrons. The minimum atomic E-state index is -0.453. The first-order valence-corrected chi connectivity index (χ1v) is 10.9. The third kappa shape index (κ3) is 4.04. The van der Waals surface area contributed by atoms with Crippen molar-refractivity contribution in [2.75, 3.05) is 14.2 Å². The second kappa shape index (κ2) is 8.71. The van der Waals surface area contributed by atoms with E-state index in [1.807, 2.05) is 55.5 Å². The molecule has 2 aromatic rings. The third-order valence-corrected chi connectivity index (χ3v) is 6.50. The lowest BCUT2D eigenvalue weighted by molar-refractivity contribution is -0.136. The zero-order valence-electron chi connectivity index (χ0n) is 17.7. The van der Waals surface area contributed by atoms with Gasteiger partial charge in [0.1, 0.15) is 5.75 Å². The van der Waals surface area contributed by atoms with Gasteiger partial charge in [0.2, 0.25) is 0 Å². The number of hydrogen-bond acceptors (Lipinski definition) is 5. The summed E-state index contributed by atoms with van der Waals surface area (Å²) in [5.41, 5.74) is 4.73. The number of benzene rings is 2. The maximum absolute atomic E-state index is 13.5. The van der Waals surface area contributed by atoms with Crippen LogP contribution in [-0.2, 0) is 14.3 Å². The van der Waals surface area contributed by atoms with Crippen molar-refractivity contribution in [1.29, 1.82) is 0 Å². The van der Waals surface area contributed by atoms with Crippen molar-refractivity contribution in [3.05, 3.63) is 86.7 Å². The number of allylic oxidation sites excluding steroid dienone is 3. The van der Waals surface area contributed by atoms with Crippen molar-refractivity contribution < 1.29 is 19.1 Å². The molecule has 5 nitrogen and oxygen atoms in total. The fourth-order valence-electron chi connectivity index (χ4n) is 4.55. The van der Waals surface area contributed by atoms with Crippen molar-refractivity contribution in [3.63, 3.8) is 0 Å². The van der Waals surface area contributed by atoms with E-state index in [4.69, 9.17) is 9.47 Å². The standard InChI is InChI=1S/C25H24BrNO4/c1-14-22(25(29)31-3)23(16-5-4-6-18(26)11-16)24-20(27-14)12-17(13-21(24)28)15-7-9-19(30-2)10-8-15/h4-11,17,23,27H,12-13H2,1-3H3/t17-,23-/m0/s1. The van der Waals surface area contributed by atoms with Gasteiger partial charge in [-0.3, -0.25) is 4.79 Å². The van der Waals surface area contributed by atoms with Gasteiger partial charge in [-0.25, -0.2) is 4.79 Å². The summed E-state index contributed by atoms with van der Waals surface area (Å²) in [5, 5.41) is 3.35. The number of ether oxygens (including phenoxy) is 2. The molecule has 2 atom stereocenters. The molecule has 0 bridgehead atoms. The Morgan fingerprint density at radius 3 is 2.45 bits per heavy atom. The van der Waals surface area contributed by atoms with Gasteiger partial charge in [0.05, 0.1) is 19.8 Å². The molecule has 1 aliphatic carbocycles. The number of methoxy groups -OCH3 is 2. The number of Topliss-reactive ketones (excluding diaryl/α,β-unsaturated/α-hetero) is 1. The molecule has 0 spiro atoms. The Balaban J connectivity index is 1.78. The fourth-order valence-corrected chi connectivity index (χ4v) is 4.97. The second-order valence-electron chi connectivity index (χ2n) is 7.84. The molecule has 0 unspecified atom stereocenters. The molecule has 4 rings (SSSR count). The average molecular weight is 482 g/mol. The summed E-state index contributed by atoms with van der Waals surface area (Å²) in [6, 6.07) is 15.6. The van der Waals surface area contributed by atoms with E-state index in [2.05, 4.69) is 21.2 Å². The first kappa shape index (κ1) is 21.4. The summed E-state index contributed by atoms with van der Waals surface area (Å²) < 4.78 is 11.2. The molecule has 1 N–H and O–H groups in total. The summed E-state index contributed by atoms with van der Waals surface area (Å²) in [6.07, 6.45) is 1.09. The SMILES string of the molecule is COC(=O)C1=C(C)NC2=C(C(=O)C[C@@H](c3ccc(OC)cc3)C2)[C@H]1c1cccc(Br)c1. The molecule has 0 fully saturated rings. The highest BCUT2D eigenvalue weighted by Crippen LogP contribution is 2.46. The van der Waals surface area contributed by atoms with Gasteiger partial charge in [0.25, 0.3) is 0 Å². The second-order valence-corrected chi connectivity index (χ2v) is 8.75. The van der Waals surface area contributed by atoms with E-state index in [-0.39, 0.29) is 11.7 Å². The van der Waals surface area contributed by atoms with Crippen LogP contribution in [0.1, 0.15) is 42.7 Å². The first-order valence-electron chi connectivity index (χ1n) is 10.1. The van der Waals surface area contributed by atoms with Crippen LogP contribution in [0.3, 0.4) is 0 Å². The molecule has 2 aromatic carbocycles. The summed E-state index contributed by atoms with van der Waals surface area (Å²) in [5.74, 6) is 0.0312. The van der Waals surface area contributed by atoms with Crippen LogP contribution in [0, 0.1) is 0 Å². The highest BCUT2D eigenvalue weighted by Gasteiger charge is 2.41. The lowest BCUT2D eigenvalue weighted by Gasteiger charge is -2.36. The third-order valence-electron chi connectivity index (χ3n) is 6.00. The number of halogens is 1. The number of ketones is 1. The van der Waals surface area contributed by atoms with Gasteiger partial charge in [0, 0.05) is 33.8 Å². The van der Waals surface area contributed by atoms with Crippen LogP contribution >= 0.6 is 15.9 Å². The fraction of sp³-hybridized carbons (Fsp3) is 0.280. The van der Waals surface area contributed by atoms with E-state index >= 15 is 0 Å². The van der Waals surface area contributed by atoms with Crippen LogP contribution in [0.25, 0.3) is 0 Å². The first-order chi connectivity index (χ1) is 14.9. The van der Waals surface area contributed by atoms with E-state index in [1.54, 1.807) is 7.11 Å². The Kier molecular flexibility index (Phi) is 6.01. The maximum atomic E-state index is 13.5. The molecule has 160 valence electrons. The van der Waals surface area contributed by atoms with Crippen LogP contribution in [0.2, 0.25) is 0 Å². The summed E-state index contributed by atoms with van der Waals surface area (Å²) in [7, 11) is 3.01. The molecule has 31 heavy (non-hydrogen) atoms. The number of rotatable bonds is 4. The van der Waals surface area contributed by atoms with Crippen molar-refractivity contribution >= 4 is 27.7 Å². The number of hydrogen-bond donors (Lipinski definition) is 1. The molecule has 0 saturated carbocycles. The van der Waals surface area contributed by atoms with E-state index < -0.39 is 11.9 Å². The molecule has 0 saturated heterocycles. The molecule has 0 amide bonds. The van der Waals surface area contributed by atoms with Gasteiger partial charge in [-0.15, -0.1) is 0 Å². The van der Waals surface area contributed by atoms with E-state index in [0.717, 1.165) is 32.7 Å². The molecule has 6 heteroatoms. The largest absolute Gasteiger partial charge is 0.497 e. The summed E-state index contributed by atoms with van der Waals surface area (Å²) in [4.78, 5) is 26.2. The molecule has 1 aliphatic heterocycles. The minimum Gasteiger partial charge on any atom is -0.497 e. The molecule has 0 aromatic heterocycles. The summed E-state index contributed by atoms with van der Waals surface area (Å²) >= 11 is 3.51. The van der Waals surface area contributed by atoms with Gasteiger partial charge in [-0.05, 0) is 54.7 Å². The van der Waals surface area contributed by atoms with Gasteiger partial charge in [-0.1, -0.05) is 40.2 Å². The molecular weight excluding hydrogens is 458 g/mol. The zero-order valence-corrected chi connectivity index (χ0v) is 19.3. The van der Waals surface area contributed by atoms with Crippen molar-refractivity contribution in [1.82, 2.24) is 5.32 Å². The van der Waals surface area contributed by atoms with Crippen molar-refractivity contribution in [2.45, 2.75) is 31.6 Å². The lowest BCUT2D eigenvalue weighted by Crippen LogP contribution is -2.36. The number of carbonyl (C=O) groups excluding carboxylic acids is 2. The van der Waals surface area contributed by atoms with Gasteiger partial charge >= 0.3 is 5.97 Å². The zero-order chi connectivity index (χ0) is 22.1.